The van der Waals surface area contributed by atoms with Gasteiger partial charge in [-0.3, -0.25) is 9.78 Å². The van der Waals surface area contributed by atoms with Crippen molar-refractivity contribution >= 4 is 42.3 Å². The lowest BCUT2D eigenvalue weighted by atomic mass is 9.96. The van der Waals surface area contributed by atoms with Crippen molar-refractivity contribution in [3.05, 3.63) is 64.2 Å². The van der Waals surface area contributed by atoms with E-state index in [-0.39, 0.29) is 43.6 Å². The van der Waals surface area contributed by atoms with Crippen LogP contribution in [0.15, 0.2) is 36.5 Å². The number of nitrogens with one attached hydrogen (secondary N) is 1. The number of halogens is 4. The van der Waals surface area contributed by atoms with Crippen LogP contribution in [0.2, 0.25) is 5.02 Å². The second-order valence-electron chi connectivity index (χ2n) is 7.58. The topological polar surface area (TPSA) is 88.2 Å². The molecule has 0 saturated carbocycles. The number of aliphatic hydroxyl groups is 1. The first-order chi connectivity index (χ1) is 12.6. The van der Waals surface area contributed by atoms with E-state index >= 15 is 0 Å². The Balaban J connectivity index is 0.00000392. The zero-order valence-corrected chi connectivity index (χ0v) is 18.9. The lowest BCUT2D eigenvalue weighted by Crippen LogP contribution is -2.42. The highest BCUT2D eigenvalue weighted by atomic mass is 35.5. The number of aliphatic hydroxyl groups excluding tert-OH is 1. The maximum atomic E-state index is 13.9. The first-order valence-corrected chi connectivity index (χ1v) is 9.08. The number of hydrogen-bond donors (Lipinski definition) is 3. The van der Waals surface area contributed by atoms with Crippen molar-refractivity contribution in [2.45, 2.75) is 51.3 Å². The molecule has 0 saturated heterocycles. The van der Waals surface area contributed by atoms with Gasteiger partial charge in [0.1, 0.15) is 5.82 Å². The van der Waals surface area contributed by atoms with Crippen molar-refractivity contribution in [1.82, 2.24) is 10.3 Å². The summed E-state index contributed by atoms with van der Waals surface area (Å²) in [5.74, 6) is -0.733. The molecule has 0 aliphatic heterocycles. The van der Waals surface area contributed by atoms with Crippen LogP contribution in [0.5, 0.6) is 0 Å². The fraction of sp³-hybridized carbons (Fsp3) is 0.400. The molecule has 2 rings (SSSR count). The van der Waals surface area contributed by atoms with Crippen molar-refractivity contribution < 1.29 is 14.3 Å². The van der Waals surface area contributed by atoms with Gasteiger partial charge in [0.05, 0.1) is 17.4 Å². The molecule has 0 fully saturated rings. The molecule has 29 heavy (non-hydrogen) atoms. The summed E-state index contributed by atoms with van der Waals surface area (Å²) < 4.78 is 13.9. The average molecular weight is 467 g/mol. The summed E-state index contributed by atoms with van der Waals surface area (Å²) in [7, 11) is 0. The molecule has 4 N–H and O–H groups in total. The molecular formula is C20H27Cl3FN3O2. The zero-order chi connectivity index (χ0) is 20.2. The number of nitrogens with two attached hydrogens (primary N) is 1. The van der Waals surface area contributed by atoms with Gasteiger partial charge < -0.3 is 16.2 Å². The van der Waals surface area contributed by atoms with E-state index in [0.29, 0.717) is 21.8 Å². The Hall–Kier alpha value is -1.44. The molecule has 162 valence electrons. The van der Waals surface area contributed by atoms with E-state index < -0.39 is 23.5 Å². The number of pyridine rings is 1. The van der Waals surface area contributed by atoms with Crippen molar-refractivity contribution in [3.8, 4) is 0 Å². The van der Waals surface area contributed by atoms with Crippen LogP contribution in [0.4, 0.5) is 4.39 Å². The number of amides is 1. The van der Waals surface area contributed by atoms with Crippen LogP contribution in [0.1, 0.15) is 42.4 Å². The summed E-state index contributed by atoms with van der Waals surface area (Å²) in [6.07, 6.45) is 0.793. The standard InChI is InChI=1S/C20H25ClFN3O2.2ClH/c1-20(2,3)25-19(27)14-5-4-8-24-17(14)11-18(26)16(23)9-12-6-7-13(21)10-15(12)22;;/h4-8,10,16,18,26H,9,11,23H2,1-3H3,(H,25,27);2*1H. The molecule has 2 unspecified atom stereocenters. The molecule has 0 spiro atoms. The van der Waals surface area contributed by atoms with Crippen LogP contribution in [-0.4, -0.2) is 33.7 Å². The van der Waals surface area contributed by atoms with E-state index in [9.17, 15) is 14.3 Å². The van der Waals surface area contributed by atoms with Gasteiger partial charge in [-0.2, -0.15) is 0 Å². The van der Waals surface area contributed by atoms with Crippen LogP contribution in [0.3, 0.4) is 0 Å². The molecule has 1 aromatic carbocycles. The molecular weight excluding hydrogens is 440 g/mol. The molecule has 1 aromatic heterocycles. The van der Waals surface area contributed by atoms with Gasteiger partial charge in [-0.1, -0.05) is 17.7 Å². The van der Waals surface area contributed by atoms with Crippen molar-refractivity contribution in [1.29, 1.82) is 0 Å². The number of benzene rings is 1. The minimum absolute atomic E-state index is 0. The largest absolute Gasteiger partial charge is 0.391 e. The van der Waals surface area contributed by atoms with Gasteiger partial charge in [0, 0.05) is 29.2 Å². The second kappa shape index (κ2) is 11.7. The van der Waals surface area contributed by atoms with Gasteiger partial charge in [-0.05, 0) is 57.0 Å². The first-order valence-electron chi connectivity index (χ1n) is 8.71. The molecule has 0 radical (unpaired) electrons. The molecule has 5 nitrogen and oxygen atoms in total. The van der Waals surface area contributed by atoms with Gasteiger partial charge in [-0.15, -0.1) is 24.8 Å². The van der Waals surface area contributed by atoms with E-state index in [0.717, 1.165) is 0 Å². The molecule has 2 atom stereocenters. The quantitative estimate of drug-likeness (QED) is 0.605. The Labute approximate surface area is 188 Å². The maximum absolute atomic E-state index is 13.9. The fourth-order valence-electron chi connectivity index (χ4n) is 2.64. The first kappa shape index (κ1) is 27.6. The third-order valence-corrected chi connectivity index (χ3v) is 4.23. The normalized spacial score (nSPS) is 12.9. The van der Waals surface area contributed by atoms with E-state index in [1.165, 1.54) is 6.07 Å². The van der Waals surface area contributed by atoms with E-state index in [1.54, 1.807) is 30.5 Å². The zero-order valence-electron chi connectivity index (χ0n) is 16.5. The molecule has 9 heteroatoms. The Bertz CT molecular complexity index is 816. The Kier molecular flexibility index (Phi) is 11.1. The Morgan fingerprint density at radius 1 is 1.28 bits per heavy atom. The highest BCUT2D eigenvalue weighted by Gasteiger charge is 2.23. The lowest BCUT2D eigenvalue weighted by molar-refractivity contribution is 0.0916. The summed E-state index contributed by atoms with van der Waals surface area (Å²) in [5.41, 5.74) is 6.86. The minimum atomic E-state index is -0.990. The van der Waals surface area contributed by atoms with Gasteiger partial charge in [0.15, 0.2) is 0 Å². The lowest BCUT2D eigenvalue weighted by Gasteiger charge is -2.23. The predicted octanol–water partition coefficient (Wildman–Crippen LogP) is 3.72. The van der Waals surface area contributed by atoms with Gasteiger partial charge in [0.2, 0.25) is 0 Å². The van der Waals surface area contributed by atoms with E-state index in [1.807, 2.05) is 20.8 Å². The highest BCUT2D eigenvalue weighted by Crippen LogP contribution is 2.18. The number of carbonyl (C=O) groups excluding carboxylic acids is 1. The van der Waals surface area contributed by atoms with Crippen LogP contribution >= 0.6 is 36.4 Å². The predicted molar refractivity (Wildman–Crippen MR) is 119 cm³/mol. The summed E-state index contributed by atoms with van der Waals surface area (Å²) >= 11 is 5.75. The number of rotatable bonds is 6. The van der Waals surface area contributed by atoms with Crippen molar-refractivity contribution in [2.24, 2.45) is 5.73 Å². The summed E-state index contributed by atoms with van der Waals surface area (Å²) in [6, 6.07) is 6.93. The number of aromatic nitrogens is 1. The van der Waals surface area contributed by atoms with Gasteiger partial charge >= 0.3 is 0 Å². The average Bonchev–Trinajstić information content (AvgIpc) is 2.56. The number of carbonyl (C=O) groups is 1. The van der Waals surface area contributed by atoms with Crippen molar-refractivity contribution in [3.63, 3.8) is 0 Å². The highest BCUT2D eigenvalue weighted by molar-refractivity contribution is 6.30. The van der Waals surface area contributed by atoms with Crippen LogP contribution in [-0.2, 0) is 12.8 Å². The van der Waals surface area contributed by atoms with Crippen LogP contribution in [0, 0.1) is 5.82 Å². The fourth-order valence-corrected chi connectivity index (χ4v) is 2.80. The Morgan fingerprint density at radius 3 is 2.52 bits per heavy atom. The summed E-state index contributed by atoms with van der Waals surface area (Å²) in [5, 5.41) is 13.6. The monoisotopic (exact) mass is 465 g/mol. The second-order valence-corrected chi connectivity index (χ2v) is 8.01. The number of hydrogen-bond acceptors (Lipinski definition) is 4. The van der Waals surface area contributed by atoms with Gasteiger partial charge in [-0.25, -0.2) is 4.39 Å². The van der Waals surface area contributed by atoms with Crippen LogP contribution < -0.4 is 11.1 Å². The molecule has 2 aromatic rings. The maximum Gasteiger partial charge on any atom is 0.253 e. The van der Waals surface area contributed by atoms with E-state index in [2.05, 4.69) is 10.3 Å². The molecule has 0 aliphatic carbocycles. The summed E-state index contributed by atoms with van der Waals surface area (Å²) in [4.78, 5) is 16.7. The molecule has 0 aliphatic rings. The van der Waals surface area contributed by atoms with Crippen molar-refractivity contribution in [2.75, 3.05) is 0 Å². The molecule has 1 heterocycles. The molecule has 1 amide bonds. The molecule has 0 bridgehead atoms. The van der Waals surface area contributed by atoms with E-state index in [4.69, 9.17) is 17.3 Å². The third-order valence-electron chi connectivity index (χ3n) is 3.99. The summed E-state index contributed by atoms with van der Waals surface area (Å²) in [6.45, 7) is 5.64. The minimum Gasteiger partial charge on any atom is -0.391 e. The smallest absolute Gasteiger partial charge is 0.253 e. The van der Waals surface area contributed by atoms with Crippen LogP contribution in [0.25, 0.3) is 0 Å². The number of nitrogens with zero attached hydrogens (tertiary/aromatic N) is 1. The third kappa shape index (κ3) is 8.44. The van der Waals surface area contributed by atoms with Gasteiger partial charge in [0.25, 0.3) is 5.91 Å². The SMILES string of the molecule is CC(C)(C)NC(=O)c1cccnc1CC(O)C(N)Cc1ccc(Cl)cc1F.Cl.Cl. The Morgan fingerprint density at radius 2 is 1.93 bits per heavy atom.